The van der Waals surface area contributed by atoms with Gasteiger partial charge in [-0.2, -0.15) is 8.78 Å². The van der Waals surface area contributed by atoms with Crippen molar-refractivity contribution in [3.05, 3.63) is 94.7 Å². The molecule has 6 nitrogen and oxygen atoms in total. The van der Waals surface area contributed by atoms with Gasteiger partial charge in [-0.1, -0.05) is 30.0 Å². The van der Waals surface area contributed by atoms with Crippen molar-refractivity contribution in [1.29, 1.82) is 0 Å². The molecule has 3 aromatic heterocycles. The zero-order valence-electron chi connectivity index (χ0n) is 17.5. The highest BCUT2D eigenvalue weighted by molar-refractivity contribution is 7.98. The molecule has 33 heavy (non-hydrogen) atoms. The number of pyridine rings is 1. The van der Waals surface area contributed by atoms with Crippen LogP contribution in [-0.4, -0.2) is 25.5 Å². The second kappa shape index (κ2) is 8.67. The van der Waals surface area contributed by atoms with Gasteiger partial charge in [-0.15, -0.1) is 0 Å². The molecule has 9 heteroatoms. The number of hydrogen-bond donors (Lipinski definition) is 0. The fraction of sp³-hybridized carbons (Fsp3) is 0.125. The molecule has 0 unspecified atom stereocenters. The molecule has 0 fully saturated rings. The van der Waals surface area contributed by atoms with Crippen molar-refractivity contribution in [1.82, 2.24) is 18.9 Å². The number of rotatable bonds is 6. The Bertz CT molecular complexity index is 1510. The van der Waals surface area contributed by atoms with Crippen molar-refractivity contribution in [3.8, 4) is 11.4 Å². The van der Waals surface area contributed by atoms with Gasteiger partial charge in [0, 0.05) is 18.1 Å². The van der Waals surface area contributed by atoms with Gasteiger partial charge in [0.15, 0.2) is 5.16 Å². The number of fused-ring (bicyclic) bond motifs is 2. The molecule has 0 saturated heterocycles. The Hall–Kier alpha value is -3.72. The minimum atomic E-state index is -2.92. The number of aromatic nitrogens is 4. The van der Waals surface area contributed by atoms with Gasteiger partial charge in [-0.05, 0) is 55.0 Å². The first kappa shape index (κ1) is 21.1. The highest BCUT2D eigenvalue weighted by atomic mass is 32.2. The second-order valence-corrected chi connectivity index (χ2v) is 8.31. The zero-order valence-corrected chi connectivity index (χ0v) is 18.3. The molecular weight excluding hydrogens is 446 g/mol. The number of para-hydroxylation sites is 1. The maximum absolute atomic E-state index is 13.3. The van der Waals surface area contributed by atoms with E-state index in [4.69, 9.17) is 9.97 Å². The summed E-state index contributed by atoms with van der Waals surface area (Å²) in [6, 6.07) is 17.0. The van der Waals surface area contributed by atoms with Crippen LogP contribution in [0.4, 0.5) is 8.78 Å². The van der Waals surface area contributed by atoms with Crippen molar-refractivity contribution < 1.29 is 13.5 Å². The predicted octanol–water partition coefficient (Wildman–Crippen LogP) is 5.24. The molecule has 5 rings (SSSR count). The molecular formula is C24H18F2N4O2S. The first-order chi connectivity index (χ1) is 16.0. The summed E-state index contributed by atoms with van der Waals surface area (Å²) in [6.45, 7) is -0.912. The molecule has 0 atom stereocenters. The zero-order chi connectivity index (χ0) is 22.9. The second-order valence-electron chi connectivity index (χ2n) is 7.37. The van der Waals surface area contributed by atoms with Crippen molar-refractivity contribution >= 4 is 28.3 Å². The monoisotopic (exact) mass is 464 g/mol. The van der Waals surface area contributed by atoms with Crippen molar-refractivity contribution in [2.45, 2.75) is 24.4 Å². The molecule has 0 aliphatic heterocycles. The van der Waals surface area contributed by atoms with E-state index in [-0.39, 0.29) is 11.3 Å². The average molecular weight is 464 g/mol. The van der Waals surface area contributed by atoms with Crippen LogP contribution in [0.1, 0.15) is 11.3 Å². The lowest BCUT2D eigenvalue weighted by molar-refractivity contribution is -0.0498. The molecule has 0 spiro atoms. The first-order valence-corrected chi connectivity index (χ1v) is 11.1. The summed E-state index contributed by atoms with van der Waals surface area (Å²) in [4.78, 5) is 22.8. The molecule has 2 aromatic carbocycles. The third-order valence-electron chi connectivity index (χ3n) is 5.14. The Kier molecular flexibility index (Phi) is 5.55. The van der Waals surface area contributed by atoms with Gasteiger partial charge in [-0.25, -0.2) is 9.97 Å². The van der Waals surface area contributed by atoms with Gasteiger partial charge < -0.3 is 9.14 Å². The smallest absolute Gasteiger partial charge is 0.387 e. The molecule has 0 aliphatic carbocycles. The molecule has 5 aromatic rings. The molecule has 0 amide bonds. The number of halogens is 2. The van der Waals surface area contributed by atoms with Crippen molar-refractivity contribution in [2.75, 3.05) is 0 Å². The number of aryl methyl sites for hydroxylation is 1. The van der Waals surface area contributed by atoms with E-state index in [1.54, 1.807) is 30.3 Å². The van der Waals surface area contributed by atoms with E-state index in [0.29, 0.717) is 27.5 Å². The van der Waals surface area contributed by atoms with Crippen LogP contribution in [0.5, 0.6) is 5.75 Å². The summed E-state index contributed by atoms with van der Waals surface area (Å²) in [5, 5.41) is 0.952. The summed E-state index contributed by atoms with van der Waals surface area (Å²) >= 11 is 1.38. The number of thioether (sulfide) groups is 1. The quantitative estimate of drug-likeness (QED) is 0.254. The lowest BCUT2D eigenvalue weighted by Gasteiger charge is -2.13. The number of alkyl halides is 2. The lowest BCUT2D eigenvalue weighted by atomic mass is 10.2. The summed E-state index contributed by atoms with van der Waals surface area (Å²) in [6.07, 6.45) is 3.89. The van der Waals surface area contributed by atoms with Gasteiger partial charge in [0.05, 0.1) is 22.3 Å². The Balaban J connectivity index is 1.55. The number of hydrogen-bond acceptors (Lipinski definition) is 5. The largest absolute Gasteiger partial charge is 0.435 e. The van der Waals surface area contributed by atoms with E-state index in [1.807, 2.05) is 41.9 Å². The molecule has 0 bridgehead atoms. The van der Waals surface area contributed by atoms with Crippen LogP contribution in [0, 0.1) is 6.92 Å². The van der Waals surface area contributed by atoms with E-state index in [1.165, 1.54) is 28.5 Å². The maximum atomic E-state index is 13.3. The molecule has 0 aliphatic rings. The number of imidazole rings is 1. The SMILES string of the molecule is Cc1cccn2cc(CSc3nc4ccccc4c(=O)n3-c3ccc(OC(F)F)cc3)nc12. The van der Waals surface area contributed by atoms with Crippen LogP contribution < -0.4 is 10.3 Å². The number of benzene rings is 2. The van der Waals surface area contributed by atoms with Gasteiger partial charge in [0.1, 0.15) is 11.4 Å². The van der Waals surface area contributed by atoms with Crippen LogP contribution in [0.15, 0.2) is 83.0 Å². The Labute approximate surface area is 191 Å². The van der Waals surface area contributed by atoms with E-state index < -0.39 is 6.61 Å². The van der Waals surface area contributed by atoms with Crippen LogP contribution in [0.2, 0.25) is 0 Å². The van der Waals surface area contributed by atoms with Gasteiger partial charge in [0.2, 0.25) is 0 Å². The summed E-state index contributed by atoms with van der Waals surface area (Å²) in [7, 11) is 0. The maximum Gasteiger partial charge on any atom is 0.387 e. The average Bonchev–Trinajstić information content (AvgIpc) is 3.23. The van der Waals surface area contributed by atoms with Crippen LogP contribution in [-0.2, 0) is 5.75 Å². The third-order valence-corrected chi connectivity index (χ3v) is 6.11. The minimum Gasteiger partial charge on any atom is -0.435 e. The Morgan fingerprint density at radius 3 is 2.58 bits per heavy atom. The number of ether oxygens (including phenoxy) is 1. The van der Waals surface area contributed by atoms with E-state index in [2.05, 4.69) is 4.74 Å². The predicted molar refractivity (Wildman–Crippen MR) is 123 cm³/mol. The van der Waals surface area contributed by atoms with E-state index in [9.17, 15) is 13.6 Å². The fourth-order valence-corrected chi connectivity index (χ4v) is 4.52. The normalized spacial score (nSPS) is 11.5. The summed E-state index contributed by atoms with van der Waals surface area (Å²) in [5.41, 5.74) is 3.66. The van der Waals surface area contributed by atoms with E-state index >= 15 is 0 Å². The van der Waals surface area contributed by atoms with Crippen LogP contribution >= 0.6 is 11.8 Å². The number of nitrogens with zero attached hydrogens (tertiary/aromatic N) is 4. The van der Waals surface area contributed by atoms with Crippen molar-refractivity contribution in [2.24, 2.45) is 0 Å². The highest BCUT2D eigenvalue weighted by Gasteiger charge is 2.15. The molecule has 0 radical (unpaired) electrons. The van der Waals surface area contributed by atoms with Gasteiger partial charge >= 0.3 is 6.61 Å². The van der Waals surface area contributed by atoms with Crippen LogP contribution in [0.3, 0.4) is 0 Å². The van der Waals surface area contributed by atoms with Crippen molar-refractivity contribution in [3.63, 3.8) is 0 Å². The topological polar surface area (TPSA) is 61.4 Å². The fourth-order valence-electron chi connectivity index (χ4n) is 3.63. The van der Waals surface area contributed by atoms with Gasteiger partial charge in [-0.3, -0.25) is 9.36 Å². The molecule has 3 heterocycles. The van der Waals surface area contributed by atoms with Gasteiger partial charge in [0.25, 0.3) is 5.56 Å². The van der Waals surface area contributed by atoms with E-state index in [0.717, 1.165) is 16.9 Å². The Morgan fingerprint density at radius 1 is 1.03 bits per heavy atom. The lowest BCUT2D eigenvalue weighted by Crippen LogP contribution is -2.21. The first-order valence-electron chi connectivity index (χ1n) is 10.1. The standard InChI is InChI=1S/C24H18F2N4O2S/c1-15-5-4-12-29-13-16(27-21(15)29)14-33-24-28-20-7-3-2-6-19(20)22(31)30(24)17-8-10-18(11-9-17)32-23(25)26/h2-13,23H,14H2,1H3. The minimum absolute atomic E-state index is 0.0184. The highest BCUT2D eigenvalue weighted by Crippen LogP contribution is 2.26. The molecule has 0 N–H and O–H groups in total. The van der Waals surface area contributed by atoms with Crippen LogP contribution in [0.25, 0.3) is 22.2 Å². The Morgan fingerprint density at radius 2 is 1.82 bits per heavy atom. The molecule has 166 valence electrons. The third kappa shape index (κ3) is 4.19. The molecule has 0 saturated carbocycles. The summed E-state index contributed by atoms with van der Waals surface area (Å²) in [5.74, 6) is 0.517. The summed E-state index contributed by atoms with van der Waals surface area (Å²) < 4.78 is 32.9.